The molecule has 0 radical (unpaired) electrons. The fourth-order valence-corrected chi connectivity index (χ4v) is 3.72. The minimum atomic E-state index is -0.738. The second kappa shape index (κ2) is 10.3. The van der Waals surface area contributed by atoms with E-state index in [1.165, 1.54) is 13.2 Å². The number of fused-ring (bicyclic) bond motifs is 1. The molecule has 4 aromatic rings. The highest BCUT2D eigenvalue weighted by atomic mass is 16.5. The number of hydrogen-bond acceptors (Lipinski definition) is 8. The molecular weight excluding hydrogens is 446 g/mol. The number of carbonyl (C=O) groups is 1. The minimum absolute atomic E-state index is 0.0925. The molecular formula is C26H27N5O4. The van der Waals surface area contributed by atoms with Crippen molar-refractivity contribution in [2.24, 2.45) is 0 Å². The molecule has 4 rings (SSSR count). The molecule has 0 spiro atoms. The van der Waals surface area contributed by atoms with E-state index in [9.17, 15) is 9.59 Å². The van der Waals surface area contributed by atoms with Crippen LogP contribution in [0.25, 0.3) is 11.0 Å². The van der Waals surface area contributed by atoms with Gasteiger partial charge in [-0.15, -0.1) is 0 Å². The Morgan fingerprint density at radius 1 is 1.03 bits per heavy atom. The molecule has 2 aromatic heterocycles. The number of nitrogens with zero attached hydrogens (tertiary/aromatic N) is 3. The van der Waals surface area contributed by atoms with Crippen LogP contribution in [0.1, 0.15) is 29.9 Å². The van der Waals surface area contributed by atoms with Crippen LogP contribution in [0, 0.1) is 6.92 Å². The molecule has 0 aliphatic carbocycles. The van der Waals surface area contributed by atoms with Crippen LogP contribution < -0.4 is 25.9 Å². The molecule has 2 heterocycles. The summed E-state index contributed by atoms with van der Waals surface area (Å²) in [5, 5.41) is 6.53. The van der Waals surface area contributed by atoms with E-state index in [4.69, 9.17) is 9.15 Å². The number of aromatic nitrogens is 2. The van der Waals surface area contributed by atoms with Crippen LogP contribution in [-0.4, -0.2) is 36.1 Å². The summed E-state index contributed by atoms with van der Waals surface area (Å²) in [5.41, 5.74) is 1.62. The Balaban J connectivity index is 1.50. The van der Waals surface area contributed by atoms with E-state index < -0.39 is 11.5 Å². The summed E-state index contributed by atoms with van der Waals surface area (Å²) in [5.74, 6) is 1.22. The van der Waals surface area contributed by atoms with Gasteiger partial charge in [-0.25, -0.2) is 9.78 Å². The Morgan fingerprint density at radius 2 is 1.74 bits per heavy atom. The van der Waals surface area contributed by atoms with Gasteiger partial charge in [-0.05, 0) is 57.2 Å². The second-order valence-corrected chi connectivity index (χ2v) is 7.85. The minimum Gasteiger partial charge on any atom is -0.493 e. The average Bonchev–Trinajstić information content (AvgIpc) is 2.85. The summed E-state index contributed by atoms with van der Waals surface area (Å²) >= 11 is 0. The van der Waals surface area contributed by atoms with E-state index >= 15 is 0 Å². The Hall–Kier alpha value is -4.40. The molecule has 0 fully saturated rings. The highest BCUT2D eigenvalue weighted by molar-refractivity contribution is 6.05. The second-order valence-electron chi connectivity index (χ2n) is 7.85. The van der Waals surface area contributed by atoms with Gasteiger partial charge in [0.2, 0.25) is 5.95 Å². The SMILES string of the molecule is CCN(CC)c1cc(C)nc(Nc2ccc(NC(=O)c3cc4cccc(OC)c4oc3=O)cc2)n1. The lowest BCUT2D eigenvalue weighted by atomic mass is 10.1. The van der Waals surface area contributed by atoms with Gasteiger partial charge in [-0.1, -0.05) is 12.1 Å². The zero-order valence-corrected chi connectivity index (χ0v) is 20.1. The molecule has 2 aromatic carbocycles. The fourth-order valence-electron chi connectivity index (χ4n) is 3.72. The predicted octanol–water partition coefficient (Wildman–Crippen LogP) is 4.74. The molecule has 0 atom stereocenters. The highest BCUT2D eigenvalue weighted by Crippen LogP contribution is 2.25. The summed E-state index contributed by atoms with van der Waals surface area (Å²) in [6, 6.07) is 15.7. The van der Waals surface area contributed by atoms with Gasteiger partial charge in [0.15, 0.2) is 11.3 Å². The lowest BCUT2D eigenvalue weighted by Crippen LogP contribution is -2.23. The number of rotatable bonds is 8. The van der Waals surface area contributed by atoms with Crippen molar-refractivity contribution in [2.75, 3.05) is 35.7 Å². The van der Waals surface area contributed by atoms with Crippen molar-refractivity contribution in [3.63, 3.8) is 0 Å². The zero-order chi connectivity index (χ0) is 24.9. The zero-order valence-electron chi connectivity index (χ0n) is 20.1. The Kier molecular flexibility index (Phi) is 6.96. The van der Waals surface area contributed by atoms with Gasteiger partial charge in [-0.2, -0.15) is 4.98 Å². The quantitative estimate of drug-likeness (QED) is 0.353. The molecule has 0 bridgehead atoms. The molecule has 180 valence electrons. The van der Waals surface area contributed by atoms with Gasteiger partial charge in [-0.3, -0.25) is 4.79 Å². The van der Waals surface area contributed by atoms with Gasteiger partial charge < -0.3 is 24.7 Å². The van der Waals surface area contributed by atoms with E-state index in [0.717, 1.165) is 30.3 Å². The number of hydrogen-bond donors (Lipinski definition) is 2. The lowest BCUT2D eigenvalue weighted by Gasteiger charge is -2.20. The molecule has 2 N–H and O–H groups in total. The van der Waals surface area contributed by atoms with Gasteiger partial charge in [0.05, 0.1) is 7.11 Å². The van der Waals surface area contributed by atoms with Crippen molar-refractivity contribution in [1.29, 1.82) is 0 Å². The van der Waals surface area contributed by atoms with Gasteiger partial charge in [0.1, 0.15) is 11.4 Å². The van der Waals surface area contributed by atoms with Crippen LogP contribution in [0.4, 0.5) is 23.1 Å². The molecule has 0 aliphatic rings. The largest absolute Gasteiger partial charge is 0.493 e. The van der Waals surface area contributed by atoms with Crippen LogP contribution in [-0.2, 0) is 0 Å². The van der Waals surface area contributed by atoms with Gasteiger partial charge in [0.25, 0.3) is 5.91 Å². The number of amides is 1. The Bertz CT molecular complexity index is 1410. The normalized spacial score (nSPS) is 10.7. The number of para-hydroxylation sites is 1. The molecule has 0 aliphatic heterocycles. The monoisotopic (exact) mass is 473 g/mol. The highest BCUT2D eigenvalue weighted by Gasteiger charge is 2.16. The molecule has 1 amide bonds. The summed E-state index contributed by atoms with van der Waals surface area (Å²) < 4.78 is 10.6. The number of ether oxygens (including phenoxy) is 1. The first-order chi connectivity index (χ1) is 16.9. The Labute approximate surface area is 202 Å². The summed E-state index contributed by atoms with van der Waals surface area (Å²) in [7, 11) is 1.49. The number of carbonyl (C=O) groups excluding carboxylic acids is 1. The molecule has 35 heavy (non-hydrogen) atoms. The van der Waals surface area contributed by atoms with Crippen molar-refractivity contribution in [2.45, 2.75) is 20.8 Å². The van der Waals surface area contributed by atoms with Crippen molar-refractivity contribution >= 4 is 40.0 Å². The van der Waals surface area contributed by atoms with Gasteiger partial charge in [0, 0.05) is 41.6 Å². The van der Waals surface area contributed by atoms with E-state index in [1.807, 2.05) is 13.0 Å². The maximum atomic E-state index is 12.8. The van der Waals surface area contributed by atoms with Crippen LogP contribution in [0.5, 0.6) is 5.75 Å². The van der Waals surface area contributed by atoms with Crippen LogP contribution >= 0.6 is 0 Å². The summed E-state index contributed by atoms with van der Waals surface area (Å²) in [6.07, 6.45) is 0. The molecule has 9 heteroatoms. The van der Waals surface area contributed by atoms with Crippen molar-refractivity contribution in [3.05, 3.63) is 76.3 Å². The number of methoxy groups -OCH3 is 1. The van der Waals surface area contributed by atoms with Crippen molar-refractivity contribution in [1.82, 2.24) is 9.97 Å². The van der Waals surface area contributed by atoms with Gasteiger partial charge >= 0.3 is 5.63 Å². The number of aryl methyl sites for hydroxylation is 1. The van der Waals surface area contributed by atoms with E-state index in [0.29, 0.717) is 28.4 Å². The Morgan fingerprint density at radius 3 is 2.43 bits per heavy atom. The fraction of sp³-hybridized carbons (Fsp3) is 0.231. The standard InChI is InChI=1S/C26H27N5O4/c1-5-31(6-2)22-14-16(3)27-26(30-22)29-19-12-10-18(11-13-19)28-24(32)20-15-17-8-7-9-21(34-4)23(17)35-25(20)33/h7-15H,5-6H2,1-4H3,(H,28,32)(H,27,29,30). The van der Waals surface area contributed by atoms with Crippen LogP contribution in [0.15, 0.2) is 63.8 Å². The van der Waals surface area contributed by atoms with Crippen molar-refractivity contribution < 1.29 is 13.9 Å². The summed E-state index contributed by atoms with van der Waals surface area (Å²) in [6.45, 7) is 7.80. The number of anilines is 4. The van der Waals surface area contributed by atoms with Crippen molar-refractivity contribution in [3.8, 4) is 5.75 Å². The first-order valence-corrected chi connectivity index (χ1v) is 11.3. The van der Waals surface area contributed by atoms with E-state index in [1.54, 1.807) is 42.5 Å². The molecule has 0 saturated heterocycles. The summed E-state index contributed by atoms with van der Waals surface area (Å²) in [4.78, 5) is 36.4. The smallest absolute Gasteiger partial charge is 0.349 e. The third-order valence-corrected chi connectivity index (χ3v) is 5.52. The number of benzene rings is 2. The number of nitrogens with one attached hydrogen (secondary N) is 2. The molecule has 0 saturated carbocycles. The lowest BCUT2D eigenvalue weighted by molar-refractivity contribution is 0.102. The first-order valence-electron chi connectivity index (χ1n) is 11.3. The molecule has 9 nitrogen and oxygen atoms in total. The third kappa shape index (κ3) is 5.24. The van der Waals surface area contributed by atoms with Crippen LogP contribution in [0.2, 0.25) is 0 Å². The third-order valence-electron chi connectivity index (χ3n) is 5.52. The van der Waals surface area contributed by atoms with E-state index in [-0.39, 0.29) is 5.56 Å². The first kappa shape index (κ1) is 23.7. The maximum absolute atomic E-state index is 12.8. The van der Waals surface area contributed by atoms with E-state index in [2.05, 4.69) is 39.3 Å². The maximum Gasteiger partial charge on any atom is 0.349 e. The average molecular weight is 474 g/mol. The predicted molar refractivity (Wildman–Crippen MR) is 137 cm³/mol. The topological polar surface area (TPSA) is 110 Å². The molecule has 0 unspecified atom stereocenters. The van der Waals surface area contributed by atoms with Crippen LogP contribution in [0.3, 0.4) is 0 Å².